The molecule has 0 saturated heterocycles. The molecule has 1 rings (SSSR count). The first kappa shape index (κ1) is 15.6. The summed E-state index contributed by atoms with van der Waals surface area (Å²) in [5.41, 5.74) is -0.179. The van der Waals surface area contributed by atoms with Gasteiger partial charge in [-0.2, -0.15) is 0 Å². The van der Waals surface area contributed by atoms with Crippen molar-refractivity contribution in [3.8, 4) is 5.75 Å². The number of hydrogen-bond acceptors (Lipinski definition) is 5. The van der Waals surface area contributed by atoms with Crippen LogP contribution in [-0.2, 0) is 4.79 Å². The lowest BCUT2D eigenvalue weighted by molar-refractivity contribution is -0.386. The number of benzene rings is 1. The zero-order valence-corrected chi connectivity index (χ0v) is 11.5. The first-order valence-corrected chi connectivity index (χ1v) is 6.05. The second-order valence-electron chi connectivity index (χ2n) is 4.53. The smallest absolute Gasteiger partial charge is 0.311 e. The molecule has 0 aliphatic carbocycles. The molecule has 1 amide bonds. The van der Waals surface area contributed by atoms with Crippen LogP contribution in [0.5, 0.6) is 5.75 Å². The maximum absolute atomic E-state index is 11.7. The fourth-order valence-electron chi connectivity index (χ4n) is 1.50. The van der Waals surface area contributed by atoms with Gasteiger partial charge in [0.05, 0.1) is 4.92 Å². The molecule has 1 aromatic carbocycles. The van der Waals surface area contributed by atoms with Gasteiger partial charge >= 0.3 is 5.69 Å². The van der Waals surface area contributed by atoms with E-state index in [2.05, 4.69) is 5.32 Å². The fourth-order valence-corrected chi connectivity index (χ4v) is 1.50. The second kappa shape index (κ2) is 6.65. The normalized spacial score (nSPS) is 11.8. The Kier molecular flexibility index (Phi) is 5.19. The number of rotatable bonds is 6. The molecule has 0 heterocycles. The monoisotopic (exact) mass is 280 g/mol. The molecule has 1 N–H and O–H groups in total. The molecule has 108 valence electrons. The van der Waals surface area contributed by atoms with Crippen molar-refractivity contribution in [2.45, 2.75) is 32.9 Å². The molecule has 0 saturated carbocycles. The average Bonchev–Trinajstić information content (AvgIpc) is 2.37. The Balaban J connectivity index is 2.94. The number of carbonyl (C=O) groups excluding carboxylic acids is 2. The van der Waals surface area contributed by atoms with Crippen molar-refractivity contribution < 1.29 is 19.2 Å². The Labute approximate surface area is 116 Å². The van der Waals surface area contributed by atoms with Crippen LogP contribution in [0, 0.1) is 10.1 Å². The maximum atomic E-state index is 11.7. The largest absolute Gasteiger partial charge is 0.474 e. The summed E-state index contributed by atoms with van der Waals surface area (Å²) in [5, 5.41) is 13.6. The van der Waals surface area contributed by atoms with E-state index in [1.807, 2.05) is 0 Å². The molecule has 20 heavy (non-hydrogen) atoms. The number of hydrogen-bond donors (Lipinski definition) is 1. The summed E-state index contributed by atoms with van der Waals surface area (Å²) in [4.78, 5) is 32.6. The first-order chi connectivity index (χ1) is 9.35. The highest BCUT2D eigenvalue weighted by molar-refractivity contribution is 5.81. The van der Waals surface area contributed by atoms with Crippen LogP contribution in [0.3, 0.4) is 0 Å². The highest BCUT2D eigenvalue weighted by Gasteiger charge is 2.21. The summed E-state index contributed by atoms with van der Waals surface area (Å²) in [6, 6.07) is 3.75. The van der Waals surface area contributed by atoms with E-state index in [0.717, 1.165) is 6.07 Å². The number of aldehydes is 1. The molecule has 0 bridgehead atoms. The quantitative estimate of drug-likeness (QED) is 0.485. The molecular weight excluding hydrogens is 264 g/mol. The zero-order valence-electron chi connectivity index (χ0n) is 11.5. The van der Waals surface area contributed by atoms with Gasteiger partial charge in [-0.15, -0.1) is 0 Å². The summed E-state index contributed by atoms with van der Waals surface area (Å²) >= 11 is 0. The molecule has 0 aliphatic heterocycles. The van der Waals surface area contributed by atoms with Gasteiger partial charge in [0.1, 0.15) is 6.29 Å². The minimum atomic E-state index is -0.877. The van der Waals surface area contributed by atoms with Gasteiger partial charge in [0.25, 0.3) is 5.91 Å². The van der Waals surface area contributed by atoms with Crippen molar-refractivity contribution in [2.24, 2.45) is 0 Å². The van der Waals surface area contributed by atoms with Gasteiger partial charge in [-0.1, -0.05) is 0 Å². The van der Waals surface area contributed by atoms with Gasteiger partial charge in [-0.05, 0) is 32.9 Å². The van der Waals surface area contributed by atoms with Crippen LogP contribution in [0.25, 0.3) is 0 Å². The minimum Gasteiger partial charge on any atom is -0.474 e. The summed E-state index contributed by atoms with van der Waals surface area (Å²) in [6.07, 6.45) is -0.371. The Morgan fingerprint density at radius 3 is 2.55 bits per heavy atom. The predicted molar refractivity (Wildman–Crippen MR) is 71.9 cm³/mol. The average molecular weight is 280 g/mol. The summed E-state index contributed by atoms with van der Waals surface area (Å²) in [5.74, 6) is -0.416. The van der Waals surface area contributed by atoms with Gasteiger partial charge in [0, 0.05) is 17.7 Å². The van der Waals surface area contributed by atoms with E-state index in [9.17, 15) is 19.7 Å². The molecule has 0 spiro atoms. The van der Waals surface area contributed by atoms with E-state index in [-0.39, 0.29) is 28.9 Å². The number of nitro groups is 1. The van der Waals surface area contributed by atoms with E-state index in [1.54, 1.807) is 13.8 Å². The van der Waals surface area contributed by atoms with E-state index in [1.165, 1.54) is 19.1 Å². The predicted octanol–water partition coefficient (Wildman–Crippen LogP) is 1.70. The van der Waals surface area contributed by atoms with Gasteiger partial charge in [0.2, 0.25) is 0 Å². The molecule has 0 aliphatic rings. The van der Waals surface area contributed by atoms with Gasteiger partial charge in [-0.3, -0.25) is 19.7 Å². The molecule has 0 radical (unpaired) electrons. The van der Waals surface area contributed by atoms with Crippen LogP contribution >= 0.6 is 0 Å². The maximum Gasteiger partial charge on any atom is 0.311 e. The lowest BCUT2D eigenvalue weighted by Crippen LogP contribution is -2.40. The highest BCUT2D eigenvalue weighted by Crippen LogP contribution is 2.28. The van der Waals surface area contributed by atoms with E-state index < -0.39 is 11.0 Å². The Morgan fingerprint density at radius 1 is 1.40 bits per heavy atom. The van der Waals surface area contributed by atoms with Crippen LogP contribution in [0.2, 0.25) is 0 Å². The van der Waals surface area contributed by atoms with Crippen molar-refractivity contribution in [3.63, 3.8) is 0 Å². The molecule has 0 aromatic heterocycles. The van der Waals surface area contributed by atoms with Crippen molar-refractivity contribution in [1.29, 1.82) is 0 Å². The first-order valence-electron chi connectivity index (χ1n) is 6.05. The molecule has 0 fully saturated rings. The van der Waals surface area contributed by atoms with Crippen LogP contribution in [0.1, 0.15) is 31.1 Å². The van der Waals surface area contributed by atoms with Crippen LogP contribution in [-0.4, -0.2) is 29.3 Å². The molecular formula is C13H16N2O5. The number of carbonyl (C=O) groups is 2. The Bertz CT molecular complexity index is 527. The zero-order chi connectivity index (χ0) is 15.3. The van der Waals surface area contributed by atoms with Gasteiger partial charge in [-0.25, -0.2) is 0 Å². The minimum absolute atomic E-state index is 0.0491. The number of nitrogens with zero attached hydrogens (tertiary/aromatic N) is 1. The third-order valence-corrected chi connectivity index (χ3v) is 2.42. The van der Waals surface area contributed by atoms with Crippen molar-refractivity contribution in [2.75, 3.05) is 0 Å². The van der Waals surface area contributed by atoms with Crippen molar-refractivity contribution in [3.05, 3.63) is 33.9 Å². The molecule has 1 atom stereocenters. The van der Waals surface area contributed by atoms with Crippen molar-refractivity contribution in [1.82, 2.24) is 5.32 Å². The topological polar surface area (TPSA) is 98.5 Å². The number of nitrogens with one attached hydrogen (secondary N) is 1. The van der Waals surface area contributed by atoms with E-state index in [0.29, 0.717) is 6.29 Å². The van der Waals surface area contributed by atoms with E-state index in [4.69, 9.17) is 4.74 Å². The third kappa shape index (κ3) is 4.04. The van der Waals surface area contributed by atoms with E-state index >= 15 is 0 Å². The Morgan fingerprint density at radius 2 is 2.05 bits per heavy atom. The van der Waals surface area contributed by atoms with Gasteiger partial charge < -0.3 is 10.1 Å². The van der Waals surface area contributed by atoms with Crippen molar-refractivity contribution >= 4 is 17.9 Å². The lowest BCUT2D eigenvalue weighted by Gasteiger charge is -2.16. The molecule has 1 aromatic rings. The molecule has 7 nitrogen and oxygen atoms in total. The summed E-state index contributed by atoms with van der Waals surface area (Å²) < 4.78 is 5.30. The van der Waals surface area contributed by atoms with Crippen LogP contribution < -0.4 is 10.1 Å². The fraction of sp³-hybridized carbons (Fsp3) is 0.385. The van der Waals surface area contributed by atoms with Gasteiger partial charge in [0.15, 0.2) is 11.9 Å². The number of amides is 1. The second-order valence-corrected chi connectivity index (χ2v) is 4.53. The number of nitro benzene ring substituents is 1. The SMILES string of the molecule is CC(C)NC(=O)C(C)Oc1ccc(C=O)cc1[N+](=O)[O-]. The summed E-state index contributed by atoms with van der Waals surface area (Å²) in [6.45, 7) is 5.09. The molecule has 1 unspecified atom stereocenters. The third-order valence-electron chi connectivity index (χ3n) is 2.42. The molecule has 7 heteroatoms. The Hall–Kier alpha value is -2.44. The summed E-state index contributed by atoms with van der Waals surface area (Å²) in [7, 11) is 0. The lowest BCUT2D eigenvalue weighted by atomic mass is 10.2. The van der Waals surface area contributed by atoms with Crippen LogP contribution in [0.4, 0.5) is 5.69 Å². The van der Waals surface area contributed by atoms with Crippen LogP contribution in [0.15, 0.2) is 18.2 Å². The highest BCUT2D eigenvalue weighted by atomic mass is 16.6. The standard InChI is InChI=1S/C13H16N2O5/c1-8(2)14-13(17)9(3)20-12-5-4-10(7-16)6-11(12)15(18)19/h4-9H,1-3H3,(H,14,17). The number of ether oxygens (including phenoxy) is 1.